The van der Waals surface area contributed by atoms with E-state index in [1.54, 1.807) is 60.7 Å². The summed E-state index contributed by atoms with van der Waals surface area (Å²) in [5.74, 6) is -0.155. The van der Waals surface area contributed by atoms with Crippen LogP contribution < -0.4 is 24.4 Å². The first-order chi connectivity index (χ1) is 20.7. The number of urea groups is 1. The van der Waals surface area contributed by atoms with Gasteiger partial charge in [0, 0.05) is 15.6 Å². The zero-order valence-electron chi connectivity index (χ0n) is 23.2. The number of anilines is 1. The first-order valence-electron chi connectivity index (χ1n) is 13.2. The van der Waals surface area contributed by atoms with Crippen molar-refractivity contribution in [3.63, 3.8) is 0 Å². The minimum absolute atomic E-state index is 0.194. The molecule has 4 aromatic rings. The van der Waals surface area contributed by atoms with Gasteiger partial charge in [-0.15, -0.1) is 0 Å². The third-order valence-electron chi connectivity index (χ3n) is 6.62. The fraction of sp³-hybridized carbons (Fsp3) is 0.121. The number of barbiturate groups is 1. The molecule has 0 saturated carbocycles. The monoisotopic (exact) mass is 616 g/mol. The molecule has 43 heavy (non-hydrogen) atoms. The minimum Gasteiger partial charge on any atom is -0.493 e. The van der Waals surface area contributed by atoms with Crippen LogP contribution in [0.5, 0.6) is 17.2 Å². The van der Waals surface area contributed by atoms with Crippen molar-refractivity contribution in [3.05, 3.63) is 123 Å². The SMILES string of the molecule is COc1cc(/C=C2\C(=O)NC(=O)N(c3ccc(OCc4ccc(Cl)cc4Cl)cc3)C2=O)ccc1OCc1ccc(C)cc1. The number of carbonyl (C=O) groups is 3. The van der Waals surface area contributed by atoms with Crippen LogP contribution in [0.15, 0.2) is 90.5 Å². The lowest BCUT2D eigenvalue weighted by Gasteiger charge is -2.26. The van der Waals surface area contributed by atoms with Gasteiger partial charge in [-0.3, -0.25) is 14.9 Å². The van der Waals surface area contributed by atoms with Crippen molar-refractivity contribution in [1.82, 2.24) is 5.32 Å². The van der Waals surface area contributed by atoms with Crippen molar-refractivity contribution in [2.45, 2.75) is 20.1 Å². The van der Waals surface area contributed by atoms with Crippen LogP contribution in [-0.4, -0.2) is 25.0 Å². The highest BCUT2D eigenvalue weighted by molar-refractivity contribution is 6.39. The average Bonchev–Trinajstić information content (AvgIpc) is 2.99. The van der Waals surface area contributed by atoms with Crippen molar-refractivity contribution in [3.8, 4) is 17.2 Å². The molecule has 1 heterocycles. The van der Waals surface area contributed by atoms with Crippen LogP contribution in [0.2, 0.25) is 10.0 Å². The number of nitrogens with one attached hydrogen (secondary N) is 1. The summed E-state index contributed by atoms with van der Waals surface area (Å²) in [5.41, 5.74) is 3.46. The Bertz CT molecular complexity index is 1720. The Hall–Kier alpha value is -4.79. The summed E-state index contributed by atoms with van der Waals surface area (Å²) in [6.45, 7) is 2.55. The molecule has 10 heteroatoms. The molecule has 0 bridgehead atoms. The molecular weight excluding hydrogens is 591 g/mol. The second-order valence-corrected chi connectivity index (χ2v) is 10.5. The molecule has 0 aromatic heterocycles. The molecule has 4 aromatic carbocycles. The molecule has 1 aliphatic heterocycles. The van der Waals surface area contributed by atoms with E-state index >= 15 is 0 Å². The number of carbonyl (C=O) groups excluding carboxylic acids is 3. The van der Waals surface area contributed by atoms with E-state index in [2.05, 4.69) is 5.32 Å². The molecule has 0 radical (unpaired) electrons. The van der Waals surface area contributed by atoms with Gasteiger partial charge >= 0.3 is 6.03 Å². The van der Waals surface area contributed by atoms with Gasteiger partial charge in [0.2, 0.25) is 0 Å². The van der Waals surface area contributed by atoms with E-state index in [0.717, 1.165) is 21.6 Å². The minimum atomic E-state index is -0.855. The van der Waals surface area contributed by atoms with Crippen LogP contribution in [0.4, 0.5) is 10.5 Å². The van der Waals surface area contributed by atoms with Gasteiger partial charge in [-0.2, -0.15) is 0 Å². The van der Waals surface area contributed by atoms with Gasteiger partial charge in [-0.05, 0) is 72.7 Å². The fourth-order valence-electron chi connectivity index (χ4n) is 4.29. The lowest BCUT2D eigenvalue weighted by Crippen LogP contribution is -2.54. The van der Waals surface area contributed by atoms with Crippen molar-refractivity contribution in [2.24, 2.45) is 0 Å². The number of imide groups is 2. The summed E-state index contributed by atoms with van der Waals surface area (Å²) in [7, 11) is 1.50. The fourth-order valence-corrected chi connectivity index (χ4v) is 4.75. The number of hydrogen-bond acceptors (Lipinski definition) is 6. The highest BCUT2D eigenvalue weighted by Crippen LogP contribution is 2.31. The van der Waals surface area contributed by atoms with E-state index in [-0.39, 0.29) is 17.9 Å². The largest absolute Gasteiger partial charge is 0.493 e. The van der Waals surface area contributed by atoms with E-state index in [9.17, 15) is 14.4 Å². The summed E-state index contributed by atoms with van der Waals surface area (Å²) in [5, 5.41) is 3.23. The maximum atomic E-state index is 13.4. The Kier molecular flexibility index (Phi) is 8.99. The molecule has 1 fully saturated rings. The predicted molar refractivity (Wildman–Crippen MR) is 165 cm³/mol. The molecular formula is C33H26Cl2N2O6. The van der Waals surface area contributed by atoms with Crippen molar-refractivity contribution >= 4 is 52.8 Å². The highest BCUT2D eigenvalue weighted by atomic mass is 35.5. The van der Waals surface area contributed by atoms with Gasteiger partial charge in [-0.1, -0.05) is 65.2 Å². The summed E-state index contributed by atoms with van der Waals surface area (Å²) >= 11 is 12.1. The van der Waals surface area contributed by atoms with E-state index in [1.807, 2.05) is 31.2 Å². The van der Waals surface area contributed by atoms with Crippen LogP contribution in [-0.2, 0) is 22.8 Å². The summed E-state index contributed by atoms with van der Waals surface area (Å²) in [6.07, 6.45) is 1.40. The molecule has 4 amide bonds. The number of nitrogens with zero attached hydrogens (tertiary/aromatic N) is 1. The second-order valence-electron chi connectivity index (χ2n) is 9.66. The van der Waals surface area contributed by atoms with Gasteiger partial charge in [0.1, 0.15) is 24.5 Å². The quantitative estimate of drug-likeness (QED) is 0.159. The summed E-state index contributed by atoms with van der Waals surface area (Å²) < 4.78 is 17.2. The van der Waals surface area contributed by atoms with Crippen molar-refractivity contribution in [2.75, 3.05) is 12.0 Å². The topological polar surface area (TPSA) is 94.2 Å². The Labute approximate surface area is 258 Å². The first-order valence-corrected chi connectivity index (χ1v) is 13.9. The van der Waals surface area contributed by atoms with Crippen LogP contribution in [0, 0.1) is 6.92 Å². The lowest BCUT2D eigenvalue weighted by atomic mass is 10.1. The van der Waals surface area contributed by atoms with Crippen LogP contribution in [0.25, 0.3) is 6.08 Å². The van der Waals surface area contributed by atoms with Crippen molar-refractivity contribution in [1.29, 1.82) is 0 Å². The molecule has 1 aliphatic rings. The Balaban J connectivity index is 1.30. The zero-order chi connectivity index (χ0) is 30.5. The molecule has 218 valence electrons. The number of benzene rings is 4. The van der Waals surface area contributed by atoms with Gasteiger partial charge in [-0.25, -0.2) is 9.69 Å². The van der Waals surface area contributed by atoms with Gasteiger partial charge < -0.3 is 14.2 Å². The number of hydrogen-bond donors (Lipinski definition) is 1. The molecule has 0 spiro atoms. The molecule has 0 atom stereocenters. The van der Waals surface area contributed by atoms with Gasteiger partial charge in [0.15, 0.2) is 11.5 Å². The van der Waals surface area contributed by atoms with E-state index in [4.69, 9.17) is 37.4 Å². The Morgan fingerprint density at radius 1 is 0.814 bits per heavy atom. The Morgan fingerprint density at radius 2 is 1.56 bits per heavy atom. The van der Waals surface area contributed by atoms with Crippen LogP contribution >= 0.6 is 23.2 Å². The van der Waals surface area contributed by atoms with Crippen molar-refractivity contribution < 1.29 is 28.6 Å². The second kappa shape index (κ2) is 13.0. The number of rotatable bonds is 9. The van der Waals surface area contributed by atoms with E-state index in [0.29, 0.717) is 39.5 Å². The van der Waals surface area contributed by atoms with Gasteiger partial charge in [0.25, 0.3) is 11.8 Å². The molecule has 8 nitrogen and oxygen atoms in total. The first kappa shape index (κ1) is 29.7. The van der Waals surface area contributed by atoms with Crippen LogP contribution in [0.3, 0.4) is 0 Å². The smallest absolute Gasteiger partial charge is 0.335 e. The molecule has 0 aliphatic carbocycles. The lowest BCUT2D eigenvalue weighted by molar-refractivity contribution is -0.122. The molecule has 5 rings (SSSR count). The standard InChI is InChI=1S/C33H26Cl2N2O6/c1-20-3-5-21(6-4-20)18-43-29-14-7-22(16-30(29)41-2)15-27-31(38)36-33(40)37(32(27)39)25-10-12-26(13-11-25)42-19-23-8-9-24(34)17-28(23)35/h3-17H,18-19H2,1-2H3,(H,36,38,40)/b27-15+. The number of aryl methyl sites for hydroxylation is 1. The number of ether oxygens (including phenoxy) is 3. The van der Waals surface area contributed by atoms with Crippen LogP contribution in [0.1, 0.15) is 22.3 Å². The Morgan fingerprint density at radius 3 is 2.26 bits per heavy atom. The normalized spacial score (nSPS) is 14.1. The maximum absolute atomic E-state index is 13.4. The molecule has 1 saturated heterocycles. The number of amides is 4. The zero-order valence-corrected chi connectivity index (χ0v) is 24.7. The van der Waals surface area contributed by atoms with E-state index < -0.39 is 17.8 Å². The summed E-state index contributed by atoms with van der Waals surface area (Å²) in [4.78, 5) is 39.6. The molecule has 0 unspecified atom stereocenters. The van der Waals surface area contributed by atoms with E-state index in [1.165, 1.54) is 13.2 Å². The third kappa shape index (κ3) is 6.99. The van der Waals surface area contributed by atoms with Gasteiger partial charge in [0.05, 0.1) is 12.8 Å². The maximum Gasteiger partial charge on any atom is 0.335 e. The number of halogens is 2. The summed E-state index contributed by atoms with van der Waals surface area (Å²) in [6, 6.07) is 23.6. The predicted octanol–water partition coefficient (Wildman–Crippen LogP) is 7.13. The third-order valence-corrected chi connectivity index (χ3v) is 7.21. The average molecular weight is 617 g/mol. The number of methoxy groups -OCH3 is 1. The highest BCUT2D eigenvalue weighted by Gasteiger charge is 2.36. The molecule has 1 N–H and O–H groups in total.